The van der Waals surface area contributed by atoms with Gasteiger partial charge in [0.15, 0.2) is 0 Å². The second-order valence-electron chi connectivity index (χ2n) is 3.86. The number of benzene rings is 1. The van der Waals surface area contributed by atoms with E-state index in [0.29, 0.717) is 5.56 Å². The Morgan fingerprint density at radius 1 is 1.06 bits per heavy atom. The lowest BCUT2D eigenvalue weighted by atomic mass is 9.94. The van der Waals surface area contributed by atoms with Gasteiger partial charge in [-0.3, -0.25) is 0 Å². The number of rotatable bonds is 3. The lowest BCUT2D eigenvalue weighted by molar-refractivity contribution is -0.140. The summed E-state index contributed by atoms with van der Waals surface area (Å²) in [6.07, 6.45) is 0. The van der Waals surface area contributed by atoms with Crippen molar-refractivity contribution in [1.29, 1.82) is 0 Å². The van der Waals surface area contributed by atoms with Crippen LogP contribution in [0.4, 0.5) is 0 Å². The van der Waals surface area contributed by atoms with E-state index in [1.54, 1.807) is 12.1 Å². The summed E-state index contributed by atoms with van der Waals surface area (Å²) in [5.74, 6) is -2.84. The number of allylic oxidation sites excluding steroid dienone is 1. The third-order valence-electron chi connectivity index (χ3n) is 2.81. The van der Waals surface area contributed by atoms with Crippen molar-refractivity contribution in [2.45, 2.75) is 20.8 Å². The highest BCUT2D eigenvalue weighted by molar-refractivity contribution is 6.18. The summed E-state index contributed by atoms with van der Waals surface area (Å²) in [5.41, 5.74) is 2.23. The maximum Gasteiger partial charge on any atom is 0.343 e. The third-order valence-corrected chi connectivity index (χ3v) is 2.81. The van der Waals surface area contributed by atoms with Gasteiger partial charge in [-0.15, -0.1) is 0 Å². The molecule has 0 aliphatic rings. The van der Waals surface area contributed by atoms with Crippen LogP contribution in [-0.4, -0.2) is 22.2 Å². The van der Waals surface area contributed by atoms with Crippen LogP contribution in [0.15, 0.2) is 23.8 Å². The first-order valence-electron chi connectivity index (χ1n) is 5.10. The number of carboxylic acid groups (broad SMARTS) is 2. The van der Waals surface area contributed by atoms with E-state index in [9.17, 15) is 9.59 Å². The molecule has 0 radical (unpaired) electrons. The minimum absolute atomic E-state index is 0.270. The van der Waals surface area contributed by atoms with E-state index >= 15 is 0 Å². The molecule has 0 bridgehead atoms. The maximum absolute atomic E-state index is 10.9. The quantitative estimate of drug-likeness (QED) is 0.478. The van der Waals surface area contributed by atoms with Gasteiger partial charge in [0.05, 0.1) is 0 Å². The van der Waals surface area contributed by atoms with Crippen LogP contribution in [0.5, 0.6) is 0 Å². The lowest BCUT2D eigenvalue weighted by Gasteiger charge is -2.10. The molecule has 4 heteroatoms. The second-order valence-corrected chi connectivity index (χ2v) is 3.86. The van der Waals surface area contributed by atoms with E-state index in [0.717, 1.165) is 11.1 Å². The molecule has 0 aliphatic carbocycles. The van der Waals surface area contributed by atoms with Crippen molar-refractivity contribution >= 4 is 17.5 Å². The van der Waals surface area contributed by atoms with Crippen LogP contribution < -0.4 is 0 Å². The van der Waals surface area contributed by atoms with Crippen LogP contribution in [0.25, 0.3) is 5.57 Å². The zero-order chi connectivity index (χ0) is 13.2. The maximum atomic E-state index is 10.9. The van der Waals surface area contributed by atoms with Crippen LogP contribution >= 0.6 is 0 Å². The SMILES string of the molecule is CC(=C(C(=O)O)C(=O)O)c1cccc(C)c1C. The van der Waals surface area contributed by atoms with Crippen molar-refractivity contribution in [3.8, 4) is 0 Å². The van der Waals surface area contributed by atoms with Gasteiger partial charge in [0.2, 0.25) is 0 Å². The van der Waals surface area contributed by atoms with E-state index in [1.165, 1.54) is 6.92 Å². The first-order chi connectivity index (χ1) is 7.86. The van der Waals surface area contributed by atoms with Crippen molar-refractivity contribution in [3.05, 3.63) is 40.5 Å². The summed E-state index contributed by atoms with van der Waals surface area (Å²) in [6.45, 7) is 5.25. The molecule has 1 aromatic rings. The van der Waals surface area contributed by atoms with Crippen molar-refractivity contribution in [3.63, 3.8) is 0 Å². The topological polar surface area (TPSA) is 74.6 Å². The van der Waals surface area contributed by atoms with Gasteiger partial charge in [-0.2, -0.15) is 0 Å². The normalized spacial score (nSPS) is 9.82. The molecule has 0 atom stereocenters. The third kappa shape index (κ3) is 2.53. The second kappa shape index (κ2) is 4.82. The highest BCUT2D eigenvalue weighted by Crippen LogP contribution is 2.24. The first kappa shape index (κ1) is 13.0. The Hall–Kier alpha value is -2.10. The van der Waals surface area contributed by atoms with Crippen molar-refractivity contribution < 1.29 is 19.8 Å². The van der Waals surface area contributed by atoms with Gasteiger partial charge in [0.25, 0.3) is 0 Å². The first-order valence-corrected chi connectivity index (χ1v) is 5.10. The Kier molecular flexibility index (Phi) is 3.68. The summed E-state index contributed by atoms with van der Waals surface area (Å²) in [4.78, 5) is 21.8. The highest BCUT2D eigenvalue weighted by atomic mass is 16.4. The number of hydrogen-bond donors (Lipinski definition) is 2. The van der Waals surface area contributed by atoms with Gasteiger partial charge >= 0.3 is 11.9 Å². The molecule has 17 heavy (non-hydrogen) atoms. The van der Waals surface area contributed by atoms with Crippen molar-refractivity contribution in [2.24, 2.45) is 0 Å². The largest absolute Gasteiger partial charge is 0.477 e. The van der Waals surface area contributed by atoms with E-state index in [2.05, 4.69) is 0 Å². The average Bonchev–Trinajstić information content (AvgIpc) is 2.20. The van der Waals surface area contributed by atoms with Crippen LogP contribution in [0.1, 0.15) is 23.6 Å². The molecule has 1 aromatic carbocycles. The molecule has 0 aromatic heterocycles. The van der Waals surface area contributed by atoms with Crippen molar-refractivity contribution in [2.75, 3.05) is 0 Å². The lowest BCUT2D eigenvalue weighted by Crippen LogP contribution is -2.13. The van der Waals surface area contributed by atoms with E-state index in [-0.39, 0.29) is 5.57 Å². The van der Waals surface area contributed by atoms with Gasteiger partial charge in [-0.05, 0) is 43.0 Å². The molecular weight excluding hydrogens is 220 g/mol. The Balaban J connectivity index is 3.50. The van der Waals surface area contributed by atoms with Gasteiger partial charge in [0.1, 0.15) is 5.57 Å². The monoisotopic (exact) mass is 234 g/mol. The molecule has 0 unspecified atom stereocenters. The van der Waals surface area contributed by atoms with Gasteiger partial charge < -0.3 is 10.2 Å². The molecule has 90 valence electrons. The minimum atomic E-state index is -1.42. The van der Waals surface area contributed by atoms with E-state index < -0.39 is 17.5 Å². The minimum Gasteiger partial charge on any atom is -0.477 e. The molecule has 0 fully saturated rings. The molecule has 0 saturated carbocycles. The molecule has 0 saturated heterocycles. The zero-order valence-electron chi connectivity index (χ0n) is 9.94. The predicted octanol–water partition coefficient (Wildman–Crippen LogP) is 2.25. The Morgan fingerprint density at radius 2 is 1.59 bits per heavy atom. The number of carboxylic acids is 2. The standard InChI is InChI=1S/C13H14O4/c1-7-5-4-6-10(8(7)2)9(3)11(12(14)15)13(16)17/h4-6H,1-3H3,(H,14,15)(H,16,17). The predicted molar refractivity (Wildman–Crippen MR) is 63.8 cm³/mol. The van der Waals surface area contributed by atoms with E-state index in [1.807, 2.05) is 19.9 Å². The van der Waals surface area contributed by atoms with Crippen LogP contribution in [0.3, 0.4) is 0 Å². The van der Waals surface area contributed by atoms with Gasteiger partial charge in [-0.25, -0.2) is 9.59 Å². The smallest absolute Gasteiger partial charge is 0.343 e. The summed E-state index contributed by atoms with van der Waals surface area (Å²) in [7, 11) is 0. The molecule has 0 aliphatic heterocycles. The van der Waals surface area contributed by atoms with Crippen molar-refractivity contribution in [1.82, 2.24) is 0 Å². The Bertz CT molecular complexity index is 496. The summed E-state index contributed by atoms with van der Waals surface area (Å²) < 4.78 is 0. The molecule has 2 N–H and O–H groups in total. The summed E-state index contributed by atoms with van der Waals surface area (Å²) in [5, 5.41) is 17.8. The molecule has 1 rings (SSSR count). The fourth-order valence-corrected chi connectivity index (χ4v) is 1.70. The average molecular weight is 234 g/mol. The summed E-state index contributed by atoms with van der Waals surface area (Å²) >= 11 is 0. The molecule has 0 spiro atoms. The molecule has 0 amide bonds. The Labute approximate surface area is 99.2 Å². The zero-order valence-corrected chi connectivity index (χ0v) is 9.94. The van der Waals surface area contributed by atoms with Crippen LogP contribution in [0, 0.1) is 13.8 Å². The van der Waals surface area contributed by atoms with E-state index in [4.69, 9.17) is 10.2 Å². The number of aliphatic carboxylic acids is 2. The van der Waals surface area contributed by atoms with Gasteiger partial charge in [0, 0.05) is 0 Å². The van der Waals surface area contributed by atoms with Gasteiger partial charge in [-0.1, -0.05) is 18.2 Å². The molecule has 0 heterocycles. The number of hydrogen-bond acceptors (Lipinski definition) is 2. The van der Waals surface area contributed by atoms with Crippen LogP contribution in [-0.2, 0) is 9.59 Å². The fourth-order valence-electron chi connectivity index (χ4n) is 1.70. The summed E-state index contributed by atoms with van der Waals surface area (Å²) in [6, 6.07) is 5.40. The molecule has 4 nitrogen and oxygen atoms in total. The number of aryl methyl sites for hydroxylation is 1. The highest BCUT2D eigenvalue weighted by Gasteiger charge is 2.21. The fraction of sp³-hybridized carbons (Fsp3) is 0.231. The Morgan fingerprint density at radius 3 is 2.06 bits per heavy atom. The molecular formula is C13H14O4. The van der Waals surface area contributed by atoms with Crippen LogP contribution in [0.2, 0.25) is 0 Å². The number of carbonyl (C=O) groups is 2.